The number of hydrogen-bond donors (Lipinski definition) is 1. The number of aromatic nitrogens is 2. The van der Waals surface area contributed by atoms with Gasteiger partial charge in [-0.2, -0.15) is 5.26 Å². The highest BCUT2D eigenvalue weighted by molar-refractivity contribution is 6.10. The van der Waals surface area contributed by atoms with E-state index in [4.69, 9.17) is 9.94 Å². The number of para-hydroxylation sites is 2. The van der Waals surface area contributed by atoms with Gasteiger partial charge < -0.3 is 14.5 Å². The predicted octanol–water partition coefficient (Wildman–Crippen LogP) is 4.25. The van der Waals surface area contributed by atoms with Gasteiger partial charge in [0.15, 0.2) is 5.69 Å². The van der Waals surface area contributed by atoms with Crippen LogP contribution in [-0.2, 0) is 9.63 Å². The molecule has 4 aliphatic rings. The smallest absolute Gasteiger partial charge is 0.344 e. The third-order valence-corrected chi connectivity index (χ3v) is 9.36. The Morgan fingerprint density at radius 1 is 1.00 bits per heavy atom. The summed E-state index contributed by atoms with van der Waals surface area (Å²) in [6, 6.07) is 11.0. The Balaban J connectivity index is 1.34. The second-order valence-corrected chi connectivity index (χ2v) is 11.7. The molecule has 200 valence electrons. The summed E-state index contributed by atoms with van der Waals surface area (Å²) in [5.74, 6) is 0.550. The van der Waals surface area contributed by atoms with Gasteiger partial charge >= 0.3 is 5.97 Å². The van der Waals surface area contributed by atoms with Crippen LogP contribution in [0.25, 0.3) is 11.0 Å². The molecule has 4 fully saturated rings. The van der Waals surface area contributed by atoms with Crippen LogP contribution in [-0.4, -0.2) is 56.0 Å². The number of aliphatic carboxylic acids is 1. The molecule has 2 aromatic rings. The van der Waals surface area contributed by atoms with E-state index in [-0.39, 0.29) is 23.0 Å². The molecule has 3 heterocycles. The molecule has 4 bridgehead atoms. The van der Waals surface area contributed by atoms with Crippen LogP contribution in [0.4, 0.5) is 0 Å². The number of carbonyl (C=O) groups is 1. The first-order valence-corrected chi connectivity index (χ1v) is 14.1. The largest absolute Gasteiger partial charge is 0.479 e. The fourth-order valence-electron chi connectivity index (χ4n) is 8.08. The molecule has 1 aromatic heterocycles. The minimum absolute atomic E-state index is 0.00340. The van der Waals surface area contributed by atoms with Crippen molar-refractivity contribution in [1.29, 1.82) is 5.26 Å². The van der Waals surface area contributed by atoms with Gasteiger partial charge in [0.05, 0.1) is 11.0 Å². The highest BCUT2D eigenvalue weighted by atomic mass is 16.6. The van der Waals surface area contributed by atoms with Gasteiger partial charge in [0.2, 0.25) is 12.3 Å². The van der Waals surface area contributed by atoms with Crippen LogP contribution in [0, 0.1) is 23.2 Å². The van der Waals surface area contributed by atoms with Crippen molar-refractivity contribution < 1.29 is 14.7 Å². The normalized spacial score (nSPS) is 31.5. The highest BCUT2D eigenvalue weighted by Gasteiger charge is 2.45. The zero-order valence-corrected chi connectivity index (χ0v) is 21.7. The molecule has 2 aliphatic carbocycles. The maximum Gasteiger partial charge on any atom is 0.344 e. The van der Waals surface area contributed by atoms with Crippen LogP contribution in [0.2, 0.25) is 0 Å². The number of nitrogens with zero attached hydrogens (tertiary/aromatic N) is 5. The number of piperidine rings is 2. The average molecular weight is 518 g/mol. The molecule has 9 heteroatoms. The highest BCUT2D eigenvalue weighted by Crippen LogP contribution is 2.47. The van der Waals surface area contributed by atoms with E-state index >= 15 is 0 Å². The lowest BCUT2D eigenvalue weighted by atomic mass is 9.68. The minimum atomic E-state index is -1.21. The van der Waals surface area contributed by atoms with Gasteiger partial charge in [-0.3, -0.25) is 9.69 Å². The van der Waals surface area contributed by atoms with Crippen LogP contribution < -0.4 is 5.56 Å². The Bertz CT molecular complexity index is 1320. The van der Waals surface area contributed by atoms with E-state index in [2.05, 4.69) is 15.0 Å². The van der Waals surface area contributed by atoms with Crippen molar-refractivity contribution in [2.24, 2.45) is 17.0 Å². The third-order valence-electron chi connectivity index (χ3n) is 9.36. The Hall–Kier alpha value is -3.25. The number of rotatable bonds is 6. The van der Waals surface area contributed by atoms with Crippen molar-refractivity contribution in [3.63, 3.8) is 0 Å². The van der Waals surface area contributed by atoms with Crippen molar-refractivity contribution in [1.82, 2.24) is 14.5 Å². The zero-order chi connectivity index (χ0) is 26.2. The molecule has 9 nitrogen and oxygen atoms in total. The first-order chi connectivity index (χ1) is 18.5. The Labute approximate surface area is 222 Å². The molecule has 2 aliphatic heterocycles. The van der Waals surface area contributed by atoms with Gasteiger partial charge in [-0.15, -0.1) is 0 Å². The second-order valence-electron chi connectivity index (χ2n) is 11.7. The van der Waals surface area contributed by atoms with Crippen LogP contribution in [0.5, 0.6) is 0 Å². The van der Waals surface area contributed by atoms with Gasteiger partial charge in [0.25, 0.3) is 5.56 Å². The number of benzene rings is 1. The molecule has 6 rings (SSSR count). The molecule has 0 radical (unpaired) electrons. The quantitative estimate of drug-likeness (QED) is 0.449. The number of carboxylic acid groups (broad SMARTS) is 1. The summed E-state index contributed by atoms with van der Waals surface area (Å²) in [7, 11) is 0. The van der Waals surface area contributed by atoms with Crippen molar-refractivity contribution >= 4 is 22.7 Å². The summed E-state index contributed by atoms with van der Waals surface area (Å²) in [4.78, 5) is 36.9. The molecule has 0 spiro atoms. The van der Waals surface area contributed by atoms with Crippen LogP contribution in [0.1, 0.15) is 82.4 Å². The van der Waals surface area contributed by atoms with E-state index in [1.165, 1.54) is 44.9 Å². The molecular formula is C29H35N5O4. The topological polar surface area (TPSA) is 121 Å². The molecule has 1 unspecified atom stereocenters. The van der Waals surface area contributed by atoms with E-state index in [1.54, 1.807) is 0 Å². The molecular weight excluding hydrogens is 482 g/mol. The second kappa shape index (κ2) is 10.5. The van der Waals surface area contributed by atoms with Gasteiger partial charge in [0, 0.05) is 24.2 Å². The summed E-state index contributed by atoms with van der Waals surface area (Å²) in [6.45, 7) is -0.697. The number of carboxylic acids is 1. The van der Waals surface area contributed by atoms with Crippen LogP contribution in [0.15, 0.2) is 34.2 Å². The first-order valence-electron chi connectivity index (χ1n) is 14.1. The maximum atomic E-state index is 13.9. The lowest BCUT2D eigenvalue weighted by Crippen LogP contribution is -2.58. The number of nitriles is 1. The first kappa shape index (κ1) is 25.1. The maximum absolute atomic E-state index is 13.9. The van der Waals surface area contributed by atoms with Crippen molar-refractivity contribution in [3.8, 4) is 6.07 Å². The summed E-state index contributed by atoms with van der Waals surface area (Å²) >= 11 is 0. The molecule has 6 atom stereocenters. The molecule has 38 heavy (non-hydrogen) atoms. The molecule has 2 saturated carbocycles. The number of hydrogen-bond acceptors (Lipinski definition) is 7. The Morgan fingerprint density at radius 2 is 1.68 bits per heavy atom. The monoisotopic (exact) mass is 517 g/mol. The summed E-state index contributed by atoms with van der Waals surface area (Å²) in [6.07, 6.45) is 13.6. The van der Waals surface area contributed by atoms with Crippen molar-refractivity contribution in [2.45, 2.75) is 94.8 Å². The van der Waals surface area contributed by atoms with Gasteiger partial charge in [0.1, 0.15) is 6.07 Å². The van der Waals surface area contributed by atoms with E-state index in [9.17, 15) is 14.9 Å². The Kier molecular flexibility index (Phi) is 6.91. The van der Waals surface area contributed by atoms with E-state index in [0.29, 0.717) is 23.6 Å². The summed E-state index contributed by atoms with van der Waals surface area (Å²) < 4.78 is 1.83. The minimum Gasteiger partial charge on any atom is -0.479 e. The molecule has 0 amide bonds. The van der Waals surface area contributed by atoms with Gasteiger partial charge in [-0.05, 0) is 68.9 Å². The van der Waals surface area contributed by atoms with Crippen molar-refractivity contribution in [2.75, 3.05) is 6.61 Å². The van der Waals surface area contributed by atoms with Crippen LogP contribution >= 0.6 is 0 Å². The SMILES string of the molecule is N#C/C(=N\OCC(=O)O)c1nc2ccccc2n([C@H]2C[C@H]3CCC[C@@H](C2)N3C2C[C@H]3CCC[C@@H](C2)C3)c1=O. The van der Waals surface area contributed by atoms with E-state index < -0.39 is 12.6 Å². The number of fused-ring (bicyclic) bond motifs is 5. The zero-order valence-electron chi connectivity index (χ0n) is 21.7. The number of oxime groups is 1. The lowest BCUT2D eigenvalue weighted by molar-refractivity contribution is -0.142. The summed E-state index contributed by atoms with van der Waals surface area (Å²) in [5.41, 5.74) is 0.600. The fraction of sp³-hybridized carbons (Fsp3) is 0.621. The molecule has 1 aromatic carbocycles. The molecule has 1 N–H and O–H groups in total. The van der Waals surface area contributed by atoms with Gasteiger partial charge in [-0.25, -0.2) is 9.78 Å². The van der Waals surface area contributed by atoms with E-state index in [0.717, 1.165) is 43.0 Å². The predicted molar refractivity (Wildman–Crippen MR) is 142 cm³/mol. The lowest BCUT2D eigenvalue weighted by Gasteiger charge is -2.55. The summed E-state index contributed by atoms with van der Waals surface area (Å²) in [5, 5.41) is 22.2. The molecule has 2 saturated heterocycles. The third kappa shape index (κ3) is 4.71. The van der Waals surface area contributed by atoms with Crippen molar-refractivity contribution in [3.05, 3.63) is 40.3 Å². The fourth-order valence-corrected chi connectivity index (χ4v) is 8.08. The average Bonchev–Trinajstić information content (AvgIpc) is 2.90. The van der Waals surface area contributed by atoms with E-state index in [1.807, 2.05) is 34.9 Å². The van der Waals surface area contributed by atoms with Gasteiger partial charge in [-0.1, -0.05) is 43.0 Å². The Morgan fingerprint density at radius 3 is 2.37 bits per heavy atom. The van der Waals surface area contributed by atoms with Crippen LogP contribution in [0.3, 0.4) is 0 Å². The standard InChI is InChI=1S/C29H35N5O4/c30-16-25(32-38-17-27(35)36)28-29(37)34(26-10-2-1-9-24(26)31-28)23-14-20-7-4-8-21(15-23)33(20)22-12-18-5-3-6-19(11-18)13-22/h1-2,9-10,18-23H,3-8,11-15,17H2,(H,35,36)/b32-25+/t18-,19+,20-,21+,22?,23+.